The van der Waals surface area contributed by atoms with Gasteiger partial charge in [0, 0.05) is 49.2 Å². The molecule has 1 aliphatic heterocycles. The van der Waals surface area contributed by atoms with E-state index in [4.69, 9.17) is 19.3 Å². The van der Waals surface area contributed by atoms with E-state index >= 15 is 0 Å². The fourth-order valence-electron chi connectivity index (χ4n) is 5.76. The highest BCUT2D eigenvalue weighted by molar-refractivity contribution is 5.94. The number of aromatic carboxylic acids is 1. The van der Waals surface area contributed by atoms with E-state index in [1.54, 1.807) is 62.0 Å². The van der Waals surface area contributed by atoms with Gasteiger partial charge in [-0.2, -0.15) is 13.2 Å². The van der Waals surface area contributed by atoms with Gasteiger partial charge in [0.15, 0.2) is 0 Å². The summed E-state index contributed by atoms with van der Waals surface area (Å²) in [5.41, 5.74) is 0.902. The lowest BCUT2D eigenvalue weighted by Crippen LogP contribution is -2.45. The van der Waals surface area contributed by atoms with Crippen molar-refractivity contribution in [3.63, 3.8) is 0 Å². The number of anilines is 1. The number of alkyl halides is 3. The zero-order valence-electron chi connectivity index (χ0n) is 28.4. The predicted molar refractivity (Wildman–Crippen MR) is 180 cm³/mol. The highest BCUT2D eigenvalue weighted by Crippen LogP contribution is 2.32. The number of benzene rings is 1. The summed E-state index contributed by atoms with van der Waals surface area (Å²) < 4.78 is 60.6. The van der Waals surface area contributed by atoms with Crippen molar-refractivity contribution < 1.29 is 42.1 Å². The summed E-state index contributed by atoms with van der Waals surface area (Å²) in [5, 5.41) is 15.8. The van der Waals surface area contributed by atoms with Crippen LogP contribution in [0, 0.1) is 17.8 Å². The SMILES string of the molecule is CN1CC[C@H](Nc2cccc3c2cc(C#CCNC(=O)OC(C)(C)C)n3CC(F)(F)F)[C@@H](CCOCCOCCn2ccc(C(=O)O)c2)C1. The minimum atomic E-state index is -4.46. The summed E-state index contributed by atoms with van der Waals surface area (Å²) in [7, 11) is 2.07. The minimum absolute atomic E-state index is 0.0810. The Bertz CT molecular complexity index is 1620. The van der Waals surface area contributed by atoms with Crippen LogP contribution in [-0.4, -0.2) is 102 Å². The third-order valence-electron chi connectivity index (χ3n) is 7.99. The Labute approximate surface area is 284 Å². The molecule has 0 bridgehead atoms. The Balaban J connectivity index is 1.35. The minimum Gasteiger partial charge on any atom is -0.478 e. The third kappa shape index (κ3) is 12.0. The van der Waals surface area contributed by atoms with Crippen molar-refractivity contribution in [2.75, 3.05) is 58.4 Å². The number of ether oxygens (including phenoxy) is 3. The van der Waals surface area contributed by atoms with E-state index in [2.05, 4.69) is 34.4 Å². The number of alkyl carbamates (subject to hydrolysis) is 1. The number of halogens is 3. The van der Waals surface area contributed by atoms with Crippen molar-refractivity contribution in [3.8, 4) is 11.8 Å². The van der Waals surface area contributed by atoms with Crippen LogP contribution in [0.4, 0.5) is 23.7 Å². The molecule has 0 spiro atoms. The van der Waals surface area contributed by atoms with Crippen molar-refractivity contribution in [2.24, 2.45) is 5.92 Å². The van der Waals surface area contributed by atoms with Gasteiger partial charge in [-0.1, -0.05) is 12.0 Å². The number of amides is 1. The lowest BCUT2D eigenvalue weighted by molar-refractivity contribution is -0.140. The number of rotatable bonds is 14. The molecule has 49 heavy (non-hydrogen) atoms. The second-order valence-electron chi connectivity index (χ2n) is 13.1. The average molecular weight is 690 g/mol. The molecule has 11 nitrogen and oxygen atoms in total. The first-order valence-corrected chi connectivity index (χ1v) is 16.3. The van der Waals surface area contributed by atoms with Gasteiger partial charge in [-0.3, -0.25) is 0 Å². The molecule has 268 valence electrons. The summed E-state index contributed by atoms with van der Waals surface area (Å²) in [6.07, 6.45) is -0.201. The molecule has 1 aromatic carbocycles. The number of carbonyl (C=O) groups is 2. The Morgan fingerprint density at radius 1 is 1.08 bits per heavy atom. The highest BCUT2D eigenvalue weighted by Gasteiger charge is 2.31. The van der Waals surface area contributed by atoms with Crippen molar-refractivity contribution in [2.45, 2.75) is 64.5 Å². The average Bonchev–Trinajstić information content (AvgIpc) is 3.62. The van der Waals surface area contributed by atoms with Gasteiger partial charge in [-0.25, -0.2) is 9.59 Å². The lowest BCUT2D eigenvalue weighted by Gasteiger charge is -2.38. The van der Waals surface area contributed by atoms with E-state index in [0.717, 1.165) is 36.2 Å². The van der Waals surface area contributed by atoms with E-state index in [0.29, 0.717) is 43.9 Å². The summed E-state index contributed by atoms with van der Waals surface area (Å²) in [6.45, 7) is 7.99. The number of likely N-dealkylation sites (tertiary alicyclic amines) is 1. The quantitative estimate of drug-likeness (QED) is 0.152. The normalized spacial score (nSPS) is 17.0. The molecule has 0 aliphatic carbocycles. The molecule has 1 saturated heterocycles. The first-order valence-electron chi connectivity index (χ1n) is 16.3. The van der Waals surface area contributed by atoms with Gasteiger partial charge in [0.2, 0.25) is 0 Å². The number of nitrogens with zero attached hydrogens (tertiary/aromatic N) is 3. The molecular weight excluding hydrogens is 643 g/mol. The van der Waals surface area contributed by atoms with Crippen molar-refractivity contribution in [1.29, 1.82) is 0 Å². The smallest absolute Gasteiger partial charge is 0.408 e. The van der Waals surface area contributed by atoms with Crippen LogP contribution >= 0.6 is 0 Å². The molecule has 1 amide bonds. The van der Waals surface area contributed by atoms with Gasteiger partial charge in [-0.05, 0) is 83.3 Å². The first kappa shape index (κ1) is 37.6. The zero-order chi connectivity index (χ0) is 35.6. The maximum Gasteiger partial charge on any atom is 0.408 e. The topological polar surface area (TPSA) is 119 Å². The molecular formula is C35H46F3N5O6. The summed E-state index contributed by atoms with van der Waals surface area (Å²) in [6, 6.07) is 8.57. The fourth-order valence-corrected chi connectivity index (χ4v) is 5.76. The zero-order valence-corrected chi connectivity index (χ0v) is 28.4. The molecule has 3 aromatic rings. The van der Waals surface area contributed by atoms with Crippen LogP contribution in [0.1, 0.15) is 49.7 Å². The molecule has 0 radical (unpaired) electrons. The predicted octanol–water partition coefficient (Wildman–Crippen LogP) is 5.44. The Hall–Kier alpha value is -4.19. The second kappa shape index (κ2) is 17.0. The third-order valence-corrected chi connectivity index (χ3v) is 7.99. The van der Waals surface area contributed by atoms with Gasteiger partial charge in [0.25, 0.3) is 0 Å². The maximum atomic E-state index is 13.7. The molecule has 14 heteroatoms. The van der Waals surface area contributed by atoms with Crippen LogP contribution in [0.5, 0.6) is 0 Å². The molecule has 0 saturated carbocycles. The number of carboxylic acid groups (broad SMARTS) is 1. The number of fused-ring (bicyclic) bond motifs is 1. The molecule has 3 heterocycles. The van der Waals surface area contributed by atoms with E-state index in [1.807, 2.05) is 6.07 Å². The molecule has 1 aliphatic rings. The summed E-state index contributed by atoms with van der Waals surface area (Å²) in [4.78, 5) is 25.2. The molecule has 2 aromatic heterocycles. The number of nitrogens with one attached hydrogen (secondary N) is 2. The Morgan fingerprint density at radius 2 is 1.84 bits per heavy atom. The summed E-state index contributed by atoms with van der Waals surface area (Å²) in [5.74, 6) is 4.84. The number of carbonyl (C=O) groups excluding carboxylic acids is 1. The van der Waals surface area contributed by atoms with Crippen LogP contribution in [0.25, 0.3) is 10.9 Å². The van der Waals surface area contributed by atoms with Gasteiger partial charge in [-0.15, -0.1) is 0 Å². The van der Waals surface area contributed by atoms with Crippen LogP contribution in [-0.2, 0) is 27.3 Å². The number of carboxylic acids is 1. The van der Waals surface area contributed by atoms with E-state index in [9.17, 15) is 22.8 Å². The molecule has 1 fully saturated rings. The van der Waals surface area contributed by atoms with E-state index < -0.39 is 30.4 Å². The summed E-state index contributed by atoms with van der Waals surface area (Å²) >= 11 is 0. The van der Waals surface area contributed by atoms with Crippen LogP contribution in [0.3, 0.4) is 0 Å². The number of hydrogen-bond acceptors (Lipinski definition) is 7. The first-order chi connectivity index (χ1) is 23.2. The van der Waals surface area contributed by atoms with Gasteiger partial charge >= 0.3 is 18.2 Å². The Kier molecular flexibility index (Phi) is 13.0. The monoisotopic (exact) mass is 689 g/mol. The largest absolute Gasteiger partial charge is 0.478 e. The molecule has 0 unspecified atom stereocenters. The van der Waals surface area contributed by atoms with Crippen molar-refractivity contribution in [1.82, 2.24) is 19.4 Å². The highest BCUT2D eigenvalue weighted by atomic mass is 19.4. The standard InChI is InChI=1S/C35H46F3N5O6/c1-34(2,3)49-33(46)39-13-6-7-27-21-28-30(8-5-9-31(28)43(27)24-35(36,37)38)40-29-11-14-41(4)22-25(29)12-17-47-19-20-48-18-16-42-15-10-26(23-42)32(44)45/h5,8-10,15,21,23,25,29,40H,11-14,16-20,22,24H2,1-4H3,(H,39,46)(H,44,45)/t25-,29-/m0/s1. The number of hydrogen-bond donors (Lipinski definition) is 3. The van der Waals surface area contributed by atoms with E-state index in [-0.39, 0.29) is 29.8 Å². The second-order valence-corrected chi connectivity index (χ2v) is 13.1. The van der Waals surface area contributed by atoms with Crippen LogP contribution < -0.4 is 10.6 Å². The number of aromatic nitrogens is 2. The van der Waals surface area contributed by atoms with Crippen LogP contribution in [0.2, 0.25) is 0 Å². The van der Waals surface area contributed by atoms with Crippen LogP contribution in [0.15, 0.2) is 42.7 Å². The fraction of sp³-hybridized carbons (Fsp3) is 0.543. The van der Waals surface area contributed by atoms with E-state index in [1.165, 1.54) is 0 Å². The lowest BCUT2D eigenvalue weighted by atomic mass is 9.89. The van der Waals surface area contributed by atoms with Crippen molar-refractivity contribution in [3.05, 3.63) is 54.0 Å². The van der Waals surface area contributed by atoms with Gasteiger partial charge in [0.1, 0.15) is 12.1 Å². The Morgan fingerprint density at radius 3 is 2.53 bits per heavy atom. The molecule has 2 atom stereocenters. The van der Waals surface area contributed by atoms with Gasteiger partial charge in [0.05, 0.1) is 43.1 Å². The maximum absolute atomic E-state index is 13.7. The van der Waals surface area contributed by atoms with Gasteiger partial charge < -0.3 is 44.0 Å². The molecule has 4 rings (SSSR count). The molecule has 3 N–H and O–H groups in total. The van der Waals surface area contributed by atoms with Crippen molar-refractivity contribution >= 4 is 28.7 Å². The number of piperidine rings is 1.